The van der Waals surface area contributed by atoms with E-state index in [4.69, 9.17) is 0 Å². The van der Waals surface area contributed by atoms with Crippen LogP contribution in [0.1, 0.15) is 44.7 Å². The first-order chi connectivity index (χ1) is 15.9. The van der Waals surface area contributed by atoms with E-state index in [1.54, 1.807) is 18.2 Å². The number of rotatable bonds is 5. The van der Waals surface area contributed by atoms with Crippen LogP contribution in [0.3, 0.4) is 0 Å². The molecule has 0 aliphatic carbocycles. The lowest BCUT2D eigenvalue weighted by molar-refractivity contribution is -0.123. The van der Waals surface area contributed by atoms with Crippen molar-refractivity contribution in [1.29, 1.82) is 0 Å². The summed E-state index contributed by atoms with van der Waals surface area (Å²) in [6.07, 6.45) is 2.85. The van der Waals surface area contributed by atoms with Crippen molar-refractivity contribution in [2.24, 2.45) is 5.92 Å². The lowest BCUT2D eigenvalue weighted by atomic mass is 9.96. The van der Waals surface area contributed by atoms with Gasteiger partial charge in [0.1, 0.15) is 5.52 Å². The Labute approximate surface area is 194 Å². The maximum Gasteiger partial charge on any atom is 0.243 e. The Balaban J connectivity index is 1.29. The third-order valence-corrected chi connectivity index (χ3v) is 8.94. The van der Waals surface area contributed by atoms with E-state index in [1.807, 2.05) is 27.8 Å². The molecule has 0 saturated carbocycles. The molecule has 0 radical (unpaired) electrons. The topological polar surface area (TPSA) is 88.4 Å². The van der Waals surface area contributed by atoms with Gasteiger partial charge in [-0.1, -0.05) is 30.3 Å². The molecule has 9 heteroatoms. The summed E-state index contributed by atoms with van der Waals surface area (Å²) in [5.74, 6) is -0.0411. The number of sulfonamides is 1. The summed E-state index contributed by atoms with van der Waals surface area (Å²) in [6.45, 7) is 5.52. The third-order valence-electron chi connectivity index (χ3n) is 7.04. The molecule has 1 atom stereocenters. The highest BCUT2D eigenvalue weighted by Crippen LogP contribution is 2.32. The summed E-state index contributed by atoms with van der Waals surface area (Å²) >= 11 is 0. The second-order valence-electron chi connectivity index (χ2n) is 8.99. The summed E-state index contributed by atoms with van der Waals surface area (Å²) in [6, 6.07) is 13.2. The molecule has 33 heavy (non-hydrogen) atoms. The quantitative estimate of drug-likeness (QED) is 0.574. The number of anilines is 1. The molecule has 0 spiro atoms. The molecular weight excluding hydrogens is 438 g/mol. The second kappa shape index (κ2) is 8.53. The Kier molecular flexibility index (Phi) is 5.70. The minimum atomic E-state index is -3.66. The summed E-state index contributed by atoms with van der Waals surface area (Å²) in [5.41, 5.74) is 3.61. The Morgan fingerprint density at radius 2 is 1.88 bits per heavy atom. The summed E-state index contributed by atoms with van der Waals surface area (Å²) in [4.78, 5) is 15.3. The number of nitrogens with zero attached hydrogens (tertiary/aromatic N) is 5. The van der Waals surface area contributed by atoms with Crippen LogP contribution in [0.5, 0.6) is 0 Å². The van der Waals surface area contributed by atoms with Gasteiger partial charge < -0.3 is 4.90 Å². The highest BCUT2D eigenvalue weighted by atomic mass is 32.2. The molecule has 0 N–H and O–H groups in total. The van der Waals surface area contributed by atoms with Crippen molar-refractivity contribution in [3.63, 3.8) is 0 Å². The molecule has 1 fully saturated rings. The van der Waals surface area contributed by atoms with E-state index in [2.05, 4.69) is 30.2 Å². The first-order valence-electron chi connectivity index (χ1n) is 11.6. The molecule has 0 bridgehead atoms. The van der Waals surface area contributed by atoms with E-state index in [-0.39, 0.29) is 22.8 Å². The molecule has 174 valence electrons. The molecule has 3 heterocycles. The Hall–Kier alpha value is -2.78. The number of carbonyl (C=O) groups is 1. The van der Waals surface area contributed by atoms with Gasteiger partial charge in [-0.2, -0.15) is 4.31 Å². The maximum absolute atomic E-state index is 13.3. The normalized spacial score (nSPS) is 18.5. The van der Waals surface area contributed by atoms with Gasteiger partial charge >= 0.3 is 0 Å². The predicted octanol–water partition coefficient (Wildman–Crippen LogP) is 3.39. The number of piperidine rings is 1. The molecule has 1 unspecified atom stereocenters. The molecule has 3 aromatic rings. The molecule has 1 saturated heterocycles. The van der Waals surface area contributed by atoms with Crippen LogP contribution in [0.2, 0.25) is 0 Å². The van der Waals surface area contributed by atoms with Gasteiger partial charge in [-0.15, -0.1) is 5.10 Å². The summed E-state index contributed by atoms with van der Waals surface area (Å²) in [5, 5.41) is 8.39. The van der Waals surface area contributed by atoms with E-state index in [1.165, 1.54) is 9.87 Å². The smallest absolute Gasteiger partial charge is 0.243 e. The molecule has 1 aromatic heterocycles. The highest BCUT2D eigenvalue weighted by Gasteiger charge is 2.36. The highest BCUT2D eigenvalue weighted by molar-refractivity contribution is 7.89. The van der Waals surface area contributed by atoms with Crippen LogP contribution in [0, 0.1) is 5.92 Å². The van der Waals surface area contributed by atoms with Gasteiger partial charge in [-0.05, 0) is 62.4 Å². The third kappa shape index (κ3) is 3.83. The van der Waals surface area contributed by atoms with E-state index in [0.717, 1.165) is 24.0 Å². The van der Waals surface area contributed by atoms with Crippen LogP contribution >= 0.6 is 0 Å². The first-order valence-corrected chi connectivity index (χ1v) is 13.1. The number of hydrogen-bond acceptors (Lipinski definition) is 5. The fourth-order valence-corrected chi connectivity index (χ4v) is 6.35. The molecule has 2 aliphatic heterocycles. The Morgan fingerprint density at radius 3 is 2.64 bits per heavy atom. The van der Waals surface area contributed by atoms with Gasteiger partial charge in [0.05, 0.1) is 16.5 Å². The molecule has 8 nitrogen and oxygen atoms in total. The Bertz CT molecular complexity index is 1290. The molecule has 2 aliphatic rings. The Morgan fingerprint density at radius 1 is 1.12 bits per heavy atom. The van der Waals surface area contributed by atoms with Crippen LogP contribution in [0.15, 0.2) is 47.4 Å². The fraction of sp³-hybridized carbons (Fsp3) is 0.458. The zero-order valence-corrected chi connectivity index (χ0v) is 19.8. The van der Waals surface area contributed by atoms with E-state index < -0.39 is 10.0 Å². The number of hydrogen-bond donors (Lipinski definition) is 0. The first kappa shape index (κ1) is 22.0. The number of amides is 1. The predicted molar refractivity (Wildman–Crippen MR) is 127 cm³/mol. The number of fused-ring (bicyclic) bond motifs is 2. The van der Waals surface area contributed by atoms with Crippen molar-refractivity contribution in [3.05, 3.63) is 48.0 Å². The molecular formula is C24H29N5O3S. The van der Waals surface area contributed by atoms with Crippen molar-refractivity contribution in [2.45, 2.75) is 50.5 Å². The molecule has 5 rings (SSSR count). The minimum Gasteiger partial charge on any atom is -0.312 e. The maximum atomic E-state index is 13.3. The number of carbonyl (C=O) groups excluding carboxylic acids is 1. The van der Waals surface area contributed by atoms with Gasteiger partial charge in [0.15, 0.2) is 0 Å². The summed E-state index contributed by atoms with van der Waals surface area (Å²) in [7, 11) is -3.66. The SMILES string of the molecule is CCC(C)n1nnc2cc(S(=O)(=O)N3CCC(C(=O)N4CCc5ccccc54)CC3)ccc21. The van der Waals surface area contributed by atoms with E-state index in [0.29, 0.717) is 38.0 Å². The number of benzene rings is 2. The van der Waals surface area contributed by atoms with Crippen molar-refractivity contribution in [3.8, 4) is 0 Å². The molecule has 2 aromatic carbocycles. The number of aromatic nitrogens is 3. The fourth-order valence-electron chi connectivity index (χ4n) is 4.86. The monoisotopic (exact) mass is 467 g/mol. The van der Waals surface area contributed by atoms with Gasteiger partial charge in [-0.25, -0.2) is 13.1 Å². The van der Waals surface area contributed by atoms with E-state index >= 15 is 0 Å². The minimum absolute atomic E-state index is 0.111. The van der Waals surface area contributed by atoms with Crippen LogP contribution in [0.25, 0.3) is 11.0 Å². The number of para-hydroxylation sites is 1. The standard InChI is InChI=1S/C24H29N5O3S/c1-3-17(2)29-23-9-8-20(16-21(23)25-26-29)33(31,32)27-13-10-19(11-14-27)24(30)28-15-12-18-6-4-5-7-22(18)28/h4-9,16-17,19H,3,10-15H2,1-2H3. The lowest BCUT2D eigenvalue weighted by Gasteiger charge is -2.32. The van der Waals surface area contributed by atoms with Crippen LogP contribution in [-0.4, -0.2) is 53.3 Å². The van der Waals surface area contributed by atoms with Gasteiger partial charge in [-0.3, -0.25) is 4.79 Å². The van der Waals surface area contributed by atoms with E-state index in [9.17, 15) is 13.2 Å². The zero-order valence-electron chi connectivity index (χ0n) is 19.0. The van der Waals surface area contributed by atoms with Crippen molar-refractivity contribution >= 4 is 32.7 Å². The lowest BCUT2D eigenvalue weighted by Crippen LogP contribution is -2.44. The average molecular weight is 468 g/mol. The largest absolute Gasteiger partial charge is 0.312 e. The van der Waals surface area contributed by atoms with Crippen LogP contribution in [0.4, 0.5) is 5.69 Å². The van der Waals surface area contributed by atoms with Crippen molar-refractivity contribution in [2.75, 3.05) is 24.5 Å². The zero-order chi connectivity index (χ0) is 23.2. The van der Waals surface area contributed by atoms with Gasteiger partial charge in [0.2, 0.25) is 15.9 Å². The van der Waals surface area contributed by atoms with Crippen LogP contribution < -0.4 is 4.90 Å². The van der Waals surface area contributed by atoms with Crippen molar-refractivity contribution < 1.29 is 13.2 Å². The summed E-state index contributed by atoms with van der Waals surface area (Å²) < 4.78 is 29.9. The van der Waals surface area contributed by atoms with Crippen LogP contribution in [-0.2, 0) is 21.2 Å². The van der Waals surface area contributed by atoms with Gasteiger partial charge in [0, 0.05) is 31.2 Å². The van der Waals surface area contributed by atoms with Crippen molar-refractivity contribution in [1.82, 2.24) is 19.3 Å². The second-order valence-corrected chi connectivity index (χ2v) is 10.9. The molecule has 1 amide bonds. The van der Waals surface area contributed by atoms with Gasteiger partial charge in [0.25, 0.3) is 0 Å². The average Bonchev–Trinajstić information content (AvgIpc) is 3.47.